The molecule has 0 unspecified atom stereocenters. The molecular weight excluding hydrogens is 184 g/mol. The molecule has 2 aromatic rings. The number of carbonyl (C=O) groups excluding carboxylic acids is 1. The van der Waals surface area contributed by atoms with Crippen LogP contribution in [0, 0.1) is 6.92 Å². The van der Waals surface area contributed by atoms with Crippen LogP contribution in [-0.2, 0) is 4.79 Å². The lowest BCUT2D eigenvalue weighted by molar-refractivity contribution is -0.0979. The maximum atomic E-state index is 8.00. The van der Waals surface area contributed by atoms with E-state index in [2.05, 4.69) is 55.5 Å². The quantitative estimate of drug-likeness (QED) is 0.685. The van der Waals surface area contributed by atoms with Gasteiger partial charge >= 0.3 is 0 Å². The van der Waals surface area contributed by atoms with E-state index in [0.717, 1.165) is 0 Å². The molecule has 1 heteroatoms. The number of rotatable bonds is 1. The molecule has 0 fully saturated rings. The zero-order valence-electron chi connectivity index (χ0n) is 8.81. The van der Waals surface area contributed by atoms with E-state index in [0.29, 0.717) is 0 Å². The van der Waals surface area contributed by atoms with Gasteiger partial charge in [-0.15, -0.1) is 0 Å². The molecule has 0 bridgehead atoms. The molecular formula is C14H14O. The molecule has 2 aromatic carbocycles. The first kappa shape index (κ1) is 11.2. The lowest BCUT2D eigenvalue weighted by Crippen LogP contribution is -1.80. The van der Waals surface area contributed by atoms with Gasteiger partial charge in [0.15, 0.2) is 0 Å². The highest BCUT2D eigenvalue weighted by molar-refractivity contribution is 5.66. The van der Waals surface area contributed by atoms with Gasteiger partial charge in [0.05, 0.1) is 0 Å². The van der Waals surface area contributed by atoms with E-state index >= 15 is 0 Å². The van der Waals surface area contributed by atoms with Crippen molar-refractivity contribution in [3.8, 4) is 11.1 Å². The van der Waals surface area contributed by atoms with Gasteiger partial charge in [0, 0.05) is 0 Å². The predicted octanol–water partition coefficient (Wildman–Crippen LogP) is 3.48. The smallest absolute Gasteiger partial charge is 0.106 e. The molecule has 76 valence electrons. The van der Waals surface area contributed by atoms with Crippen molar-refractivity contribution in [1.29, 1.82) is 0 Å². The normalized spacial score (nSPS) is 8.87. The molecule has 0 N–H and O–H groups in total. The van der Waals surface area contributed by atoms with Gasteiger partial charge in [0.25, 0.3) is 0 Å². The summed E-state index contributed by atoms with van der Waals surface area (Å²) in [6.07, 6.45) is 0. The van der Waals surface area contributed by atoms with Crippen LogP contribution in [0.3, 0.4) is 0 Å². The van der Waals surface area contributed by atoms with Crippen LogP contribution in [0.25, 0.3) is 11.1 Å². The van der Waals surface area contributed by atoms with E-state index in [9.17, 15) is 0 Å². The van der Waals surface area contributed by atoms with Crippen LogP contribution in [0.1, 0.15) is 5.56 Å². The second-order valence-corrected chi connectivity index (χ2v) is 3.18. The zero-order chi connectivity index (χ0) is 11.1. The molecule has 0 aliphatic heterocycles. The van der Waals surface area contributed by atoms with Gasteiger partial charge in [-0.2, -0.15) is 0 Å². The Morgan fingerprint density at radius 2 is 1.33 bits per heavy atom. The van der Waals surface area contributed by atoms with Crippen molar-refractivity contribution in [2.24, 2.45) is 0 Å². The Labute approximate surface area is 90.4 Å². The predicted molar refractivity (Wildman–Crippen MR) is 63.7 cm³/mol. The Morgan fingerprint density at radius 3 is 1.93 bits per heavy atom. The van der Waals surface area contributed by atoms with E-state index in [1.54, 1.807) is 0 Å². The Balaban J connectivity index is 0.000000531. The van der Waals surface area contributed by atoms with Crippen molar-refractivity contribution in [1.82, 2.24) is 0 Å². The van der Waals surface area contributed by atoms with Crippen LogP contribution >= 0.6 is 0 Å². The van der Waals surface area contributed by atoms with Gasteiger partial charge in [0.2, 0.25) is 0 Å². The van der Waals surface area contributed by atoms with Crippen molar-refractivity contribution in [3.05, 3.63) is 60.2 Å². The minimum Gasteiger partial charge on any atom is -0.307 e. The van der Waals surface area contributed by atoms with E-state index in [-0.39, 0.29) is 0 Å². The molecule has 0 aliphatic rings. The molecule has 0 spiro atoms. The van der Waals surface area contributed by atoms with E-state index in [1.165, 1.54) is 16.7 Å². The summed E-state index contributed by atoms with van der Waals surface area (Å²) in [5.74, 6) is 0. The standard InChI is InChI=1S/C13H12.CH2O/c1-11-7-5-6-10-13(11)12-8-3-2-4-9-12;1-2/h2-10H,1H3;1H2. The molecule has 0 heterocycles. The summed E-state index contributed by atoms with van der Waals surface area (Å²) in [7, 11) is 0. The first-order chi connectivity index (χ1) is 7.38. The maximum Gasteiger partial charge on any atom is 0.106 e. The van der Waals surface area contributed by atoms with E-state index in [4.69, 9.17) is 4.79 Å². The van der Waals surface area contributed by atoms with Crippen LogP contribution < -0.4 is 0 Å². The van der Waals surface area contributed by atoms with Gasteiger partial charge in [-0.3, -0.25) is 0 Å². The molecule has 2 rings (SSSR count). The minimum atomic E-state index is 1.29. The highest BCUT2D eigenvalue weighted by atomic mass is 16.1. The average Bonchev–Trinajstić information content (AvgIpc) is 2.33. The van der Waals surface area contributed by atoms with Crippen molar-refractivity contribution >= 4 is 6.79 Å². The Morgan fingerprint density at radius 1 is 0.800 bits per heavy atom. The number of benzene rings is 2. The summed E-state index contributed by atoms with van der Waals surface area (Å²) in [6, 6.07) is 18.9. The van der Waals surface area contributed by atoms with Crippen LogP contribution in [0.5, 0.6) is 0 Å². The molecule has 0 radical (unpaired) electrons. The lowest BCUT2D eigenvalue weighted by atomic mass is 10.0. The molecule has 15 heavy (non-hydrogen) atoms. The van der Waals surface area contributed by atoms with Crippen molar-refractivity contribution in [2.45, 2.75) is 6.92 Å². The number of hydrogen-bond donors (Lipinski definition) is 0. The molecule has 0 atom stereocenters. The molecule has 0 saturated heterocycles. The third kappa shape index (κ3) is 2.78. The molecule has 0 aromatic heterocycles. The van der Waals surface area contributed by atoms with Gasteiger partial charge in [-0.05, 0) is 23.6 Å². The summed E-state index contributed by atoms with van der Waals surface area (Å²) < 4.78 is 0. The summed E-state index contributed by atoms with van der Waals surface area (Å²) >= 11 is 0. The second-order valence-electron chi connectivity index (χ2n) is 3.18. The maximum absolute atomic E-state index is 8.00. The van der Waals surface area contributed by atoms with Crippen LogP contribution in [0.4, 0.5) is 0 Å². The van der Waals surface area contributed by atoms with Crippen LogP contribution in [-0.4, -0.2) is 6.79 Å². The van der Waals surface area contributed by atoms with Crippen molar-refractivity contribution < 1.29 is 4.79 Å². The Hall–Kier alpha value is -1.89. The third-order valence-corrected chi connectivity index (χ3v) is 2.23. The number of aryl methyl sites for hydroxylation is 1. The van der Waals surface area contributed by atoms with Gasteiger partial charge in [0.1, 0.15) is 6.79 Å². The topological polar surface area (TPSA) is 17.1 Å². The monoisotopic (exact) mass is 198 g/mol. The van der Waals surface area contributed by atoms with E-state index in [1.807, 2.05) is 12.9 Å². The number of carbonyl (C=O) groups is 1. The molecule has 0 amide bonds. The highest BCUT2D eigenvalue weighted by Gasteiger charge is 1.97. The van der Waals surface area contributed by atoms with Crippen molar-refractivity contribution in [2.75, 3.05) is 0 Å². The SMILES string of the molecule is C=O.Cc1ccccc1-c1ccccc1. The third-order valence-electron chi connectivity index (χ3n) is 2.23. The molecule has 0 aliphatic carbocycles. The second kappa shape index (κ2) is 5.76. The van der Waals surface area contributed by atoms with Gasteiger partial charge < -0.3 is 4.79 Å². The number of hydrogen-bond acceptors (Lipinski definition) is 1. The van der Waals surface area contributed by atoms with Gasteiger partial charge in [-0.1, -0.05) is 54.6 Å². The summed E-state index contributed by atoms with van der Waals surface area (Å²) in [5.41, 5.74) is 3.94. The molecule has 1 nitrogen and oxygen atoms in total. The van der Waals surface area contributed by atoms with Gasteiger partial charge in [-0.25, -0.2) is 0 Å². The largest absolute Gasteiger partial charge is 0.307 e. The zero-order valence-corrected chi connectivity index (χ0v) is 8.81. The lowest BCUT2D eigenvalue weighted by Gasteiger charge is -2.04. The highest BCUT2D eigenvalue weighted by Crippen LogP contribution is 2.21. The fourth-order valence-electron chi connectivity index (χ4n) is 1.51. The van der Waals surface area contributed by atoms with E-state index < -0.39 is 0 Å². The first-order valence-electron chi connectivity index (χ1n) is 4.78. The summed E-state index contributed by atoms with van der Waals surface area (Å²) in [6.45, 7) is 4.14. The summed E-state index contributed by atoms with van der Waals surface area (Å²) in [5, 5.41) is 0. The fourth-order valence-corrected chi connectivity index (χ4v) is 1.51. The van der Waals surface area contributed by atoms with Crippen LogP contribution in [0.2, 0.25) is 0 Å². The Bertz CT molecular complexity index is 407. The fraction of sp³-hybridized carbons (Fsp3) is 0.0714. The van der Waals surface area contributed by atoms with Crippen LogP contribution in [0.15, 0.2) is 54.6 Å². The first-order valence-corrected chi connectivity index (χ1v) is 4.78. The molecule has 0 saturated carbocycles. The summed E-state index contributed by atoms with van der Waals surface area (Å²) in [4.78, 5) is 8.00. The Kier molecular flexibility index (Phi) is 4.30. The minimum absolute atomic E-state index is 1.29. The average molecular weight is 198 g/mol. The van der Waals surface area contributed by atoms with Crippen molar-refractivity contribution in [3.63, 3.8) is 0 Å².